The Morgan fingerprint density at radius 1 is 1.32 bits per heavy atom. The summed E-state index contributed by atoms with van der Waals surface area (Å²) in [6.45, 7) is 3.29. The number of nitrogens with zero attached hydrogens (tertiary/aromatic N) is 2. The number of primary sulfonamides is 1. The summed E-state index contributed by atoms with van der Waals surface area (Å²) in [5.74, 6) is -2.16. The van der Waals surface area contributed by atoms with E-state index in [1.807, 2.05) is 0 Å². The summed E-state index contributed by atoms with van der Waals surface area (Å²) in [6, 6.07) is 4.31. The second kappa shape index (κ2) is 9.25. The van der Waals surface area contributed by atoms with Crippen LogP contribution in [0, 0.1) is 0 Å². The van der Waals surface area contributed by atoms with Crippen LogP contribution >= 0.6 is 11.3 Å². The molecule has 1 aliphatic rings. The second-order valence-electron chi connectivity index (χ2n) is 6.75. The van der Waals surface area contributed by atoms with E-state index in [9.17, 15) is 31.5 Å². The number of hydrogen-bond donors (Lipinski definition) is 1. The molecule has 0 radical (unpaired) electrons. The molecule has 0 spiro atoms. The van der Waals surface area contributed by atoms with Crippen LogP contribution in [-0.2, 0) is 19.9 Å². The minimum absolute atomic E-state index is 0. The molecule has 0 saturated carbocycles. The van der Waals surface area contributed by atoms with Crippen LogP contribution in [0.5, 0.6) is 0 Å². The maximum absolute atomic E-state index is 13.1. The topological polar surface area (TPSA) is 168 Å². The third-order valence-electron chi connectivity index (χ3n) is 4.84. The molecule has 1 amide bonds. The Labute approximate surface area is 205 Å². The quantitative estimate of drug-likeness (QED) is 0.426. The van der Waals surface area contributed by atoms with Crippen LogP contribution in [0.4, 0.5) is 0 Å². The number of carbonyl (C=O) groups is 2. The fraction of sp³-hybridized carbons (Fsp3) is 0.353. The van der Waals surface area contributed by atoms with E-state index in [1.54, 1.807) is 6.92 Å². The predicted octanol–water partition coefficient (Wildman–Crippen LogP) is -3.07. The molecular formula is C17H18N3NaO7S3. The molecule has 0 aromatic carbocycles. The second-order valence-corrected chi connectivity index (χ2v) is 12.1. The van der Waals surface area contributed by atoms with Crippen molar-refractivity contribution in [2.75, 3.05) is 6.54 Å². The van der Waals surface area contributed by atoms with Crippen LogP contribution < -0.4 is 39.8 Å². The predicted molar refractivity (Wildman–Crippen MR) is 105 cm³/mol. The zero-order valence-electron chi connectivity index (χ0n) is 16.9. The van der Waals surface area contributed by atoms with Crippen LogP contribution in [0.3, 0.4) is 0 Å². The summed E-state index contributed by atoms with van der Waals surface area (Å²) >= 11 is 0.558. The molecule has 0 bridgehead atoms. The Kier molecular flexibility index (Phi) is 7.73. The largest absolute Gasteiger partial charge is 1.00 e. The average molecular weight is 496 g/mol. The number of aromatic nitrogens is 1. The van der Waals surface area contributed by atoms with Crippen molar-refractivity contribution in [3.8, 4) is 0 Å². The van der Waals surface area contributed by atoms with Crippen molar-refractivity contribution in [2.24, 2.45) is 5.14 Å². The van der Waals surface area contributed by atoms with E-state index in [0.29, 0.717) is 11.3 Å². The average Bonchev–Trinajstić information content (AvgIpc) is 3.13. The van der Waals surface area contributed by atoms with Gasteiger partial charge in [-0.05, 0) is 38.5 Å². The maximum Gasteiger partial charge on any atom is 1.00 e. The van der Waals surface area contributed by atoms with Crippen molar-refractivity contribution in [1.29, 1.82) is 0 Å². The van der Waals surface area contributed by atoms with Crippen molar-refractivity contribution >= 4 is 43.1 Å². The first-order valence-electron chi connectivity index (χ1n) is 8.77. The van der Waals surface area contributed by atoms with Crippen molar-refractivity contribution < 1.29 is 61.1 Å². The number of amides is 1. The molecule has 0 saturated heterocycles. The molecule has 0 fully saturated rings. The summed E-state index contributed by atoms with van der Waals surface area (Å²) in [4.78, 5) is 29.3. The minimum Gasteiger partial charge on any atom is -0.543 e. The first kappa shape index (κ1) is 25.9. The Morgan fingerprint density at radius 2 is 1.94 bits per heavy atom. The number of fused-ring (bicyclic) bond motifs is 1. The van der Waals surface area contributed by atoms with E-state index in [2.05, 4.69) is 4.98 Å². The maximum atomic E-state index is 13.1. The van der Waals surface area contributed by atoms with Gasteiger partial charge in [0.2, 0.25) is 10.0 Å². The van der Waals surface area contributed by atoms with Gasteiger partial charge in [0.25, 0.3) is 5.91 Å². The third-order valence-corrected chi connectivity index (χ3v) is 10.2. The van der Waals surface area contributed by atoms with Crippen LogP contribution in [0.15, 0.2) is 32.7 Å². The molecule has 2 N–H and O–H groups in total. The van der Waals surface area contributed by atoms with E-state index >= 15 is 0 Å². The van der Waals surface area contributed by atoms with Crippen molar-refractivity contribution in [1.82, 2.24) is 9.88 Å². The molecule has 31 heavy (non-hydrogen) atoms. The van der Waals surface area contributed by atoms with Crippen LogP contribution in [-0.4, -0.2) is 50.4 Å². The van der Waals surface area contributed by atoms with Crippen molar-refractivity contribution in [2.45, 2.75) is 40.0 Å². The van der Waals surface area contributed by atoms with Gasteiger partial charge >= 0.3 is 29.6 Å². The summed E-state index contributed by atoms with van der Waals surface area (Å²) in [5.41, 5.74) is -0.388. The Hall–Kier alpha value is -1.35. The van der Waals surface area contributed by atoms with E-state index in [1.165, 1.54) is 36.1 Å². The number of hydrogen-bond acceptors (Lipinski definition) is 9. The van der Waals surface area contributed by atoms with E-state index in [-0.39, 0.29) is 62.2 Å². The number of sulfone groups is 1. The van der Waals surface area contributed by atoms with Gasteiger partial charge in [0, 0.05) is 12.1 Å². The number of aromatic carboxylic acids is 1. The smallest absolute Gasteiger partial charge is 0.543 e. The molecule has 3 heterocycles. The van der Waals surface area contributed by atoms with Crippen LogP contribution in [0.2, 0.25) is 0 Å². The van der Waals surface area contributed by atoms with Gasteiger partial charge in [0.15, 0.2) is 9.84 Å². The molecule has 10 nitrogen and oxygen atoms in total. The van der Waals surface area contributed by atoms with E-state index in [4.69, 9.17) is 5.14 Å². The Bertz CT molecular complexity index is 1240. The number of rotatable bonds is 5. The zero-order valence-corrected chi connectivity index (χ0v) is 21.4. The van der Waals surface area contributed by atoms with Gasteiger partial charge in [-0.25, -0.2) is 27.0 Å². The minimum atomic E-state index is -4.14. The zero-order chi connectivity index (χ0) is 22.4. The van der Waals surface area contributed by atoms with Gasteiger partial charge in [-0.3, -0.25) is 4.79 Å². The number of nitrogens with two attached hydrogens (primary N) is 1. The fourth-order valence-electron chi connectivity index (χ4n) is 3.33. The molecule has 2 aromatic rings. The number of carboxylic acid groups (broad SMARTS) is 1. The van der Waals surface area contributed by atoms with Gasteiger partial charge in [-0.1, -0.05) is 6.07 Å². The molecule has 2 unspecified atom stereocenters. The Morgan fingerprint density at radius 3 is 2.48 bits per heavy atom. The van der Waals surface area contributed by atoms with Gasteiger partial charge in [-0.2, -0.15) is 0 Å². The SMILES string of the molecule is CCN(C(=O)c1cccc(C(=O)[O-])n1)C1CC(C)S(=O)(=O)c2sc(S(N)(=O)=O)cc21.[Na+]. The molecular weight excluding hydrogens is 477 g/mol. The van der Waals surface area contributed by atoms with Crippen LogP contribution in [0.1, 0.15) is 52.9 Å². The Balaban J connectivity index is 0.00000341. The number of carbonyl (C=O) groups excluding carboxylic acids is 2. The standard InChI is InChI=1S/C17H19N3O7S3.Na/c1-3-20(15(21)11-5-4-6-12(19-11)16(22)23)13-7-9(2)29(24,25)17-10(13)8-14(28-17)30(18,26)27;/h4-6,8-9,13H,3,7H2,1-2H3,(H,22,23)(H2,18,26,27);/q;+1/p-1. The summed E-state index contributed by atoms with van der Waals surface area (Å²) in [7, 11) is -7.93. The number of sulfonamides is 1. The fourth-order valence-corrected chi connectivity index (χ4v) is 7.72. The van der Waals surface area contributed by atoms with Gasteiger partial charge in [0.1, 0.15) is 14.1 Å². The molecule has 162 valence electrons. The van der Waals surface area contributed by atoms with E-state index < -0.39 is 48.7 Å². The van der Waals surface area contributed by atoms with Gasteiger partial charge < -0.3 is 14.8 Å². The van der Waals surface area contributed by atoms with Gasteiger partial charge in [-0.15, -0.1) is 11.3 Å². The van der Waals surface area contributed by atoms with Crippen LogP contribution in [0.25, 0.3) is 0 Å². The third kappa shape index (κ3) is 4.87. The molecule has 3 rings (SSSR count). The monoisotopic (exact) mass is 495 g/mol. The molecule has 2 aromatic heterocycles. The van der Waals surface area contributed by atoms with E-state index in [0.717, 1.165) is 0 Å². The van der Waals surface area contributed by atoms with Crippen molar-refractivity contribution in [3.63, 3.8) is 0 Å². The van der Waals surface area contributed by atoms with Gasteiger partial charge in [0.05, 0.1) is 23.0 Å². The summed E-state index contributed by atoms with van der Waals surface area (Å²) < 4.78 is 48.6. The normalized spacial score (nSPS) is 19.7. The molecule has 0 aliphatic carbocycles. The first-order valence-corrected chi connectivity index (χ1v) is 12.7. The summed E-state index contributed by atoms with van der Waals surface area (Å²) in [5, 5.41) is 15.4. The molecule has 1 aliphatic heterocycles. The molecule has 14 heteroatoms. The number of pyridine rings is 1. The molecule has 2 atom stereocenters. The van der Waals surface area contributed by atoms with Crippen molar-refractivity contribution in [3.05, 3.63) is 41.2 Å². The number of carboxylic acids is 1. The first-order chi connectivity index (χ1) is 13.9. The number of thiophene rings is 1. The summed E-state index contributed by atoms with van der Waals surface area (Å²) in [6.07, 6.45) is 0.0376.